The maximum absolute atomic E-state index is 13.7. The summed E-state index contributed by atoms with van der Waals surface area (Å²) >= 11 is 0. The average molecular weight is 461 g/mol. The molecule has 0 saturated carbocycles. The molecule has 0 aliphatic heterocycles. The van der Waals surface area contributed by atoms with Gasteiger partial charge in [-0.15, -0.1) is 0 Å². The molecule has 0 unspecified atom stereocenters. The second-order valence-corrected chi connectivity index (χ2v) is 9.19. The van der Waals surface area contributed by atoms with Gasteiger partial charge in [0.05, 0.1) is 6.42 Å². The van der Waals surface area contributed by atoms with E-state index in [-0.39, 0.29) is 36.6 Å². The zero-order chi connectivity index (χ0) is 24.7. The highest BCUT2D eigenvalue weighted by atomic mass is 19.1. The largest absolute Gasteiger partial charge is 0.352 e. The first-order valence-electron chi connectivity index (χ1n) is 11.7. The molecular formula is C29H33FN2O2. The Morgan fingerprint density at radius 1 is 0.853 bits per heavy atom. The fourth-order valence-corrected chi connectivity index (χ4v) is 4.17. The normalized spacial score (nSPS) is 11.8. The van der Waals surface area contributed by atoms with Gasteiger partial charge in [-0.2, -0.15) is 0 Å². The van der Waals surface area contributed by atoms with Gasteiger partial charge in [-0.05, 0) is 56.5 Å². The van der Waals surface area contributed by atoms with Gasteiger partial charge in [0.25, 0.3) is 0 Å². The molecule has 34 heavy (non-hydrogen) atoms. The molecule has 0 bridgehead atoms. The minimum Gasteiger partial charge on any atom is -0.352 e. The van der Waals surface area contributed by atoms with Crippen LogP contribution in [-0.2, 0) is 29.0 Å². The van der Waals surface area contributed by atoms with Gasteiger partial charge in [0, 0.05) is 19.0 Å². The lowest BCUT2D eigenvalue weighted by Crippen LogP contribution is -2.52. The summed E-state index contributed by atoms with van der Waals surface area (Å²) in [6.07, 6.45) is 0.573. The molecule has 1 N–H and O–H groups in total. The maximum atomic E-state index is 13.7. The van der Waals surface area contributed by atoms with Crippen molar-refractivity contribution in [3.05, 3.63) is 106 Å². The molecule has 0 heterocycles. The first kappa shape index (κ1) is 25.2. The third-order valence-electron chi connectivity index (χ3n) is 5.61. The van der Waals surface area contributed by atoms with Crippen LogP contribution in [0.3, 0.4) is 0 Å². The van der Waals surface area contributed by atoms with Crippen molar-refractivity contribution < 1.29 is 14.0 Å². The molecule has 4 nitrogen and oxygen atoms in total. The van der Waals surface area contributed by atoms with Crippen LogP contribution < -0.4 is 5.32 Å². The highest BCUT2D eigenvalue weighted by Gasteiger charge is 2.30. The van der Waals surface area contributed by atoms with Crippen LogP contribution in [0.25, 0.3) is 0 Å². The van der Waals surface area contributed by atoms with Crippen molar-refractivity contribution in [1.29, 1.82) is 0 Å². The molecule has 5 heteroatoms. The Labute approximate surface area is 201 Å². The fraction of sp³-hybridized carbons (Fsp3) is 0.310. The van der Waals surface area contributed by atoms with Gasteiger partial charge in [0.1, 0.15) is 11.9 Å². The van der Waals surface area contributed by atoms with Crippen molar-refractivity contribution in [2.75, 3.05) is 0 Å². The topological polar surface area (TPSA) is 49.4 Å². The smallest absolute Gasteiger partial charge is 0.243 e. The van der Waals surface area contributed by atoms with E-state index in [1.165, 1.54) is 12.1 Å². The lowest BCUT2D eigenvalue weighted by Gasteiger charge is -2.32. The SMILES string of the molecule is Cc1cc(C)cc(CC(=O)N(Cc2ccc(F)cc2)[C@H](Cc2ccccc2)C(=O)NC(C)C)c1. The van der Waals surface area contributed by atoms with Crippen molar-refractivity contribution in [1.82, 2.24) is 10.2 Å². The summed E-state index contributed by atoms with van der Waals surface area (Å²) in [6, 6.07) is 21.1. The standard InChI is InChI=1S/C29H33FN2O2/c1-20(2)31-29(34)27(17-23-8-6-5-7-9-23)32(19-24-10-12-26(30)13-11-24)28(33)18-25-15-21(3)14-22(4)16-25/h5-16,20,27H,17-19H2,1-4H3,(H,31,34)/t27-/m1/s1. The maximum Gasteiger partial charge on any atom is 0.243 e. The van der Waals surface area contributed by atoms with Gasteiger partial charge in [-0.3, -0.25) is 9.59 Å². The fourth-order valence-electron chi connectivity index (χ4n) is 4.17. The van der Waals surface area contributed by atoms with Gasteiger partial charge >= 0.3 is 0 Å². The van der Waals surface area contributed by atoms with E-state index in [9.17, 15) is 14.0 Å². The van der Waals surface area contributed by atoms with Crippen LogP contribution in [0.5, 0.6) is 0 Å². The molecule has 0 saturated heterocycles. The van der Waals surface area contributed by atoms with Gasteiger partial charge in [0.15, 0.2) is 0 Å². The monoisotopic (exact) mass is 460 g/mol. The predicted molar refractivity (Wildman–Crippen MR) is 134 cm³/mol. The molecular weight excluding hydrogens is 427 g/mol. The van der Waals surface area contributed by atoms with E-state index >= 15 is 0 Å². The number of hydrogen-bond acceptors (Lipinski definition) is 2. The molecule has 0 spiro atoms. The second kappa shape index (κ2) is 11.6. The summed E-state index contributed by atoms with van der Waals surface area (Å²) < 4.78 is 13.5. The number of amides is 2. The number of benzene rings is 3. The van der Waals surface area contributed by atoms with E-state index in [4.69, 9.17) is 0 Å². The summed E-state index contributed by atoms with van der Waals surface area (Å²) in [4.78, 5) is 28.7. The Morgan fingerprint density at radius 3 is 2.06 bits per heavy atom. The van der Waals surface area contributed by atoms with Crippen molar-refractivity contribution in [2.24, 2.45) is 0 Å². The number of hydrogen-bond donors (Lipinski definition) is 1. The Hall–Kier alpha value is -3.47. The number of carbonyl (C=O) groups excluding carboxylic acids is 2. The average Bonchev–Trinajstić information content (AvgIpc) is 2.77. The van der Waals surface area contributed by atoms with Crippen molar-refractivity contribution >= 4 is 11.8 Å². The highest BCUT2D eigenvalue weighted by Crippen LogP contribution is 2.18. The highest BCUT2D eigenvalue weighted by molar-refractivity contribution is 5.89. The van der Waals surface area contributed by atoms with Gasteiger partial charge in [0.2, 0.25) is 11.8 Å². The van der Waals surface area contributed by atoms with Crippen LogP contribution in [-0.4, -0.2) is 28.8 Å². The third-order valence-corrected chi connectivity index (χ3v) is 5.61. The molecule has 178 valence electrons. The molecule has 0 aliphatic carbocycles. The van der Waals surface area contributed by atoms with E-state index in [1.807, 2.05) is 70.2 Å². The van der Waals surface area contributed by atoms with Crippen molar-refractivity contribution in [3.63, 3.8) is 0 Å². The Bertz CT molecular complexity index is 1090. The van der Waals surface area contributed by atoms with E-state index in [1.54, 1.807) is 17.0 Å². The summed E-state index contributed by atoms with van der Waals surface area (Å²) in [5, 5.41) is 2.98. The summed E-state index contributed by atoms with van der Waals surface area (Å²) in [6.45, 7) is 8.03. The minimum absolute atomic E-state index is 0.0621. The Balaban J connectivity index is 1.98. The summed E-state index contributed by atoms with van der Waals surface area (Å²) in [7, 11) is 0. The minimum atomic E-state index is -0.701. The van der Waals surface area contributed by atoms with Crippen LogP contribution >= 0.6 is 0 Å². The van der Waals surface area contributed by atoms with E-state index < -0.39 is 6.04 Å². The summed E-state index contributed by atoms with van der Waals surface area (Å²) in [5.41, 5.74) is 4.83. The number of carbonyl (C=O) groups is 2. The van der Waals surface area contributed by atoms with Gasteiger partial charge in [-0.1, -0.05) is 71.8 Å². The molecule has 2 amide bonds. The third kappa shape index (κ3) is 7.27. The van der Waals surface area contributed by atoms with Crippen LogP contribution in [0, 0.1) is 19.7 Å². The first-order chi connectivity index (χ1) is 16.2. The Kier molecular flexibility index (Phi) is 8.58. The number of aryl methyl sites for hydroxylation is 2. The molecule has 3 aromatic rings. The van der Waals surface area contributed by atoms with Gasteiger partial charge < -0.3 is 10.2 Å². The Morgan fingerprint density at radius 2 is 1.47 bits per heavy atom. The zero-order valence-electron chi connectivity index (χ0n) is 20.3. The number of halogens is 1. The van der Waals surface area contributed by atoms with Crippen LogP contribution in [0.1, 0.15) is 41.7 Å². The molecule has 0 radical (unpaired) electrons. The number of rotatable bonds is 9. The summed E-state index contributed by atoms with van der Waals surface area (Å²) in [5.74, 6) is -0.681. The lowest BCUT2D eigenvalue weighted by atomic mass is 10.00. The van der Waals surface area contributed by atoms with Crippen LogP contribution in [0.2, 0.25) is 0 Å². The van der Waals surface area contributed by atoms with E-state index in [0.29, 0.717) is 6.42 Å². The zero-order valence-corrected chi connectivity index (χ0v) is 20.3. The van der Waals surface area contributed by atoms with Gasteiger partial charge in [-0.25, -0.2) is 4.39 Å². The van der Waals surface area contributed by atoms with E-state index in [2.05, 4.69) is 11.4 Å². The number of nitrogens with one attached hydrogen (secondary N) is 1. The molecule has 1 atom stereocenters. The first-order valence-corrected chi connectivity index (χ1v) is 11.7. The quantitative estimate of drug-likeness (QED) is 0.480. The second-order valence-electron chi connectivity index (χ2n) is 9.19. The predicted octanol–water partition coefficient (Wildman–Crippen LogP) is 5.15. The molecule has 0 aromatic heterocycles. The van der Waals surface area contributed by atoms with Crippen LogP contribution in [0.4, 0.5) is 4.39 Å². The molecule has 0 fully saturated rings. The van der Waals surface area contributed by atoms with Crippen molar-refractivity contribution in [2.45, 2.75) is 59.2 Å². The van der Waals surface area contributed by atoms with Crippen LogP contribution in [0.15, 0.2) is 72.8 Å². The van der Waals surface area contributed by atoms with Crippen molar-refractivity contribution in [3.8, 4) is 0 Å². The molecule has 3 aromatic carbocycles. The van der Waals surface area contributed by atoms with E-state index in [0.717, 1.165) is 27.8 Å². The molecule has 3 rings (SSSR count). The molecule has 0 aliphatic rings. The lowest BCUT2D eigenvalue weighted by molar-refractivity contribution is -0.141. The number of nitrogens with zero attached hydrogens (tertiary/aromatic N) is 1.